The van der Waals surface area contributed by atoms with Crippen molar-refractivity contribution in [2.75, 3.05) is 11.9 Å². The molecule has 0 unspecified atom stereocenters. The van der Waals surface area contributed by atoms with Crippen LogP contribution < -0.4 is 5.32 Å². The van der Waals surface area contributed by atoms with Gasteiger partial charge in [-0.15, -0.1) is 0 Å². The van der Waals surface area contributed by atoms with Crippen molar-refractivity contribution in [2.24, 2.45) is 0 Å². The zero-order valence-corrected chi connectivity index (χ0v) is 18.5. The van der Waals surface area contributed by atoms with E-state index in [1.54, 1.807) is 31.2 Å². The Morgan fingerprint density at radius 3 is 2.62 bits per heavy atom. The summed E-state index contributed by atoms with van der Waals surface area (Å²) in [4.78, 5) is 49.1. The van der Waals surface area contributed by atoms with E-state index in [1.807, 2.05) is 0 Å². The van der Waals surface area contributed by atoms with Crippen molar-refractivity contribution in [2.45, 2.75) is 6.92 Å². The average molecular weight is 480 g/mol. The normalized spacial score (nSPS) is 14.6. The van der Waals surface area contributed by atoms with Crippen molar-refractivity contribution in [1.82, 2.24) is 4.90 Å². The number of aryl methyl sites for hydroxylation is 1. The first-order valence-electron chi connectivity index (χ1n) is 9.97. The van der Waals surface area contributed by atoms with Crippen molar-refractivity contribution >= 4 is 46.5 Å². The van der Waals surface area contributed by atoms with Crippen molar-refractivity contribution in [1.29, 1.82) is 0 Å². The molecule has 3 amide bonds. The second kappa shape index (κ2) is 9.36. The van der Waals surface area contributed by atoms with Crippen LogP contribution >= 0.6 is 11.8 Å². The van der Waals surface area contributed by atoms with Gasteiger partial charge >= 0.3 is 5.97 Å². The number of thioether (sulfide) groups is 1. The Morgan fingerprint density at radius 2 is 1.91 bits per heavy atom. The lowest BCUT2D eigenvalue weighted by Gasteiger charge is -2.12. The van der Waals surface area contributed by atoms with Gasteiger partial charge in [-0.3, -0.25) is 19.3 Å². The van der Waals surface area contributed by atoms with Gasteiger partial charge in [0.05, 0.1) is 16.2 Å². The Hall–Kier alpha value is -4.18. The SMILES string of the molecule is Cc1cc(C(=O)O)ccc1-c1ccc(/C=C2\SC(=O)N(CC(=O)Nc3ccccc3F)C2=O)o1. The van der Waals surface area contributed by atoms with Crippen LogP contribution in [-0.4, -0.2) is 39.6 Å². The summed E-state index contributed by atoms with van der Waals surface area (Å²) in [6.07, 6.45) is 1.39. The lowest BCUT2D eigenvalue weighted by molar-refractivity contribution is -0.127. The van der Waals surface area contributed by atoms with Crippen LogP contribution in [0.25, 0.3) is 17.4 Å². The summed E-state index contributed by atoms with van der Waals surface area (Å²) in [6, 6.07) is 13.5. The zero-order chi connectivity index (χ0) is 24.4. The number of hydrogen-bond donors (Lipinski definition) is 2. The molecule has 2 aromatic carbocycles. The summed E-state index contributed by atoms with van der Waals surface area (Å²) in [7, 11) is 0. The molecule has 3 aromatic rings. The number of imide groups is 1. The number of hydrogen-bond acceptors (Lipinski definition) is 6. The van der Waals surface area contributed by atoms with Crippen molar-refractivity contribution in [3.63, 3.8) is 0 Å². The molecule has 0 atom stereocenters. The topological polar surface area (TPSA) is 117 Å². The van der Waals surface area contributed by atoms with Crippen molar-refractivity contribution in [3.8, 4) is 11.3 Å². The highest BCUT2D eigenvalue weighted by Crippen LogP contribution is 2.34. The minimum atomic E-state index is -1.03. The molecule has 2 N–H and O–H groups in total. The largest absolute Gasteiger partial charge is 0.478 e. The van der Waals surface area contributed by atoms with Gasteiger partial charge in [0.1, 0.15) is 23.9 Å². The van der Waals surface area contributed by atoms with Gasteiger partial charge in [-0.25, -0.2) is 9.18 Å². The van der Waals surface area contributed by atoms with Crippen LogP contribution in [0.5, 0.6) is 0 Å². The molecule has 172 valence electrons. The van der Waals surface area contributed by atoms with Gasteiger partial charge in [0, 0.05) is 11.6 Å². The Bertz CT molecular complexity index is 1360. The number of carbonyl (C=O) groups excluding carboxylic acids is 3. The van der Waals surface area contributed by atoms with Gasteiger partial charge in [-0.05, 0) is 60.6 Å². The molecule has 0 radical (unpaired) electrons. The molecule has 1 fully saturated rings. The molecule has 8 nitrogen and oxygen atoms in total. The van der Waals surface area contributed by atoms with Crippen LogP contribution in [-0.2, 0) is 9.59 Å². The maximum Gasteiger partial charge on any atom is 0.335 e. The second-order valence-electron chi connectivity index (χ2n) is 7.33. The molecule has 1 saturated heterocycles. The lowest BCUT2D eigenvalue weighted by atomic mass is 10.0. The smallest absolute Gasteiger partial charge is 0.335 e. The minimum Gasteiger partial charge on any atom is -0.478 e. The molecule has 0 spiro atoms. The Labute approximate surface area is 197 Å². The molecule has 1 aliphatic heterocycles. The number of aromatic carboxylic acids is 1. The summed E-state index contributed by atoms with van der Waals surface area (Å²) in [5.74, 6) is -2.28. The van der Waals surface area contributed by atoms with Gasteiger partial charge in [0.2, 0.25) is 5.91 Å². The fraction of sp³-hybridized carbons (Fsp3) is 0.0833. The number of benzene rings is 2. The molecule has 10 heteroatoms. The van der Waals surface area contributed by atoms with E-state index in [-0.39, 0.29) is 16.2 Å². The highest BCUT2D eigenvalue weighted by Gasteiger charge is 2.36. The van der Waals surface area contributed by atoms with E-state index in [4.69, 9.17) is 9.52 Å². The second-order valence-corrected chi connectivity index (χ2v) is 8.33. The quantitative estimate of drug-likeness (QED) is 0.488. The molecule has 0 bridgehead atoms. The maximum atomic E-state index is 13.7. The van der Waals surface area contributed by atoms with Gasteiger partial charge in [-0.1, -0.05) is 18.2 Å². The standard InChI is InChI=1S/C24H17FN2O6S/c1-13-10-14(23(30)31)6-8-16(13)19-9-7-15(33-19)11-20-22(29)27(24(32)34-20)12-21(28)26-18-5-3-2-4-17(18)25/h2-11H,12H2,1H3,(H,26,28)(H,30,31)/b20-11-. The predicted octanol–water partition coefficient (Wildman–Crippen LogP) is 4.77. The maximum absolute atomic E-state index is 13.7. The first-order valence-corrected chi connectivity index (χ1v) is 10.8. The first kappa shape index (κ1) is 23.0. The number of halogens is 1. The number of carbonyl (C=O) groups is 4. The highest BCUT2D eigenvalue weighted by atomic mass is 32.2. The Morgan fingerprint density at radius 1 is 1.15 bits per heavy atom. The number of rotatable bonds is 6. The first-order chi connectivity index (χ1) is 16.2. The van der Waals surface area contributed by atoms with Crippen molar-refractivity contribution < 1.29 is 33.1 Å². The van der Waals surface area contributed by atoms with E-state index < -0.39 is 35.4 Å². The van der Waals surface area contributed by atoms with Gasteiger partial charge in [-0.2, -0.15) is 0 Å². The average Bonchev–Trinajstić information content (AvgIpc) is 3.35. The molecule has 1 aromatic heterocycles. The molecular weight excluding hydrogens is 463 g/mol. The summed E-state index contributed by atoms with van der Waals surface area (Å²) >= 11 is 0.661. The van der Waals surface area contributed by atoms with Gasteiger partial charge in [0.25, 0.3) is 11.1 Å². The van der Waals surface area contributed by atoms with E-state index in [2.05, 4.69) is 5.32 Å². The van der Waals surface area contributed by atoms with Crippen LogP contribution in [0.3, 0.4) is 0 Å². The van der Waals surface area contributed by atoms with Crippen LogP contribution in [0, 0.1) is 12.7 Å². The summed E-state index contributed by atoms with van der Waals surface area (Å²) < 4.78 is 19.5. The number of nitrogens with one attached hydrogen (secondary N) is 1. The van der Waals surface area contributed by atoms with E-state index in [1.165, 1.54) is 36.4 Å². The molecule has 0 aliphatic carbocycles. The van der Waals surface area contributed by atoms with Crippen LogP contribution in [0.4, 0.5) is 14.9 Å². The minimum absolute atomic E-state index is 0.0511. The molecule has 2 heterocycles. The lowest BCUT2D eigenvalue weighted by Crippen LogP contribution is -2.36. The number of para-hydroxylation sites is 1. The third kappa shape index (κ3) is 4.76. The molecular formula is C24H17FN2O6S. The summed E-state index contributed by atoms with van der Waals surface area (Å²) in [6.45, 7) is 1.19. The fourth-order valence-corrected chi connectivity index (χ4v) is 4.13. The summed E-state index contributed by atoms with van der Waals surface area (Å²) in [5.41, 5.74) is 1.48. The van der Waals surface area contributed by atoms with Crippen LogP contribution in [0.15, 0.2) is 63.9 Å². The van der Waals surface area contributed by atoms with E-state index >= 15 is 0 Å². The monoisotopic (exact) mass is 480 g/mol. The van der Waals surface area contributed by atoms with E-state index in [9.17, 15) is 23.6 Å². The van der Waals surface area contributed by atoms with Crippen molar-refractivity contribution in [3.05, 3.63) is 82.2 Å². The number of carboxylic acids is 1. The number of anilines is 1. The van der Waals surface area contributed by atoms with Gasteiger partial charge in [0.15, 0.2) is 0 Å². The van der Waals surface area contributed by atoms with Gasteiger partial charge < -0.3 is 14.8 Å². The number of nitrogens with zero attached hydrogens (tertiary/aromatic N) is 1. The summed E-state index contributed by atoms with van der Waals surface area (Å²) in [5, 5.41) is 10.8. The number of furan rings is 1. The van der Waals surface area contributed by atoms with E-state index in [0.717, 1.165) is 4.90 Å². The molecule has 0 saturated carbocycles. The molecule has 4 rings (SSSR count). The highest BCUT2D eigenvalue weighted by molar-refractivity contribution is 8.18. The Balaban J connectivity index is 1.47. The molecule has 1 aliphatic rings. The third-order valence-corrected chi connectivity index (χ3v) is 5.87. The molecule has 34 heavy (non-hydrogen) atoms. The predicted molar refractivity (Wildman–Crippen MR) is 124 cm³/mol. The third-order valence-electron chi connectivity index (χ3n) is 4.96. The Kier molecular flexibility index (Phi) is 6.33. The fourth-order valence-electron chi connectivity index (χ4n) is 3.31. The van der Waals surface area contributed by atoms with E-state index in [0.29, 0.717) is 34.4 Å². The zero-order valence-electron chi connectivity index (χ0n) is 17.7. The number of amides is 3. The van der Waals surface area contributed by atoms with Crippen LogP contribution in [0.2, 0.25) is 0 Å². The van der Waals surface area contributed by atoms with Crippen LogP contribution in [0.1, 0.15) is 21.7 Å². The number of carboxylic acid groups (broad SMARTS) is 1.